The number of aromatic nitrogens is 2. The van der Waals surface area contributed by atoms with Gasteiger partial charge in [0.2, 0.25) is 11.8 Å². The molecule has 206 valence electrons. The smallest absolute Gasteiger partial charge is 0.240 e. The van der Waals surface area contributed by atoms with Crippen LogP contribution in [0.4, 0.5) is 10.2 Å². The van der Waals surface area contributed by atoms with Crippen LogP contribution < -0.4 is 10.2 Å². The van der Waals surface area contributed by atoms with Gasteiger partial charge in [-0.3, -0.25) is 14.5 Å². The van der Waals surface area contributed by atoms with E-state index >= 15 is 0 Å². The Kier molecular flexibility index (Phi) is 8.84. The predicted octanol–water partition coefficient (Wildman–Crippen LogP) is 5.65. The standard InChI is InChI=1S/C30H28ClFN4O3S/c1-39-17-7-16-33-25(37)18-35-26(38)19-40-29(23-10-5-6-11-24(23)31)27-28(20-8-3-2-4-9-20)34-36(30(27)35)22-14-12-21(32)13-15-22/h2-6,8-15,29H,7,16-19H2,1H3,(H,33,37)/t29-/m0/s1. The third-order valence-corrected chi connectivity index (χ3v) is 8.13. The average molecular weight is 579 g/mol. The molecule has 1 aliphatic heterocycles. The van der Waals surface area contributed by atoms with Crippen molar-refractivity contribution in [3.8, 4) is 16.9 Å². The molecule has 1 atom stereocenters. The Bertz CT molecular complexity index is 1500. The van der Waals surface area contributed by atoms with Gasteiger partial charge in [0.15, 0.2) is 0 Å². The first-order valence-electron chi connectivity index (χ1n) is 12.8. The maximum absolute atomic E-state index is 13.9. The van der Waals surface area contributed by atoms with Crippen molar-refractivity contribution < 1.29 is 18.7 Å². The average Bonchev–Trinajstić information content (AvgIpc) is 3.29. The van der Waals surface area contributed by atoms with Crippen LogP contribution in [-0.2, 0) is 14.3 Å². The number of methoxy groups -OCH3 is 1. The SMILES string of the molecule is COCCCNC(=O)CN1C(=O)CS[C@@H](c2ccccc2Cl)c2c(-c3ccccc3)nn(-c3ccc(F)cc3)c21. The summed E-state index contributed by atoms with van der Waals surface area (Å²) in [6.45, 7) is 0.738. The highest BCUT2D eigenvalue weighted by Gasteiger charge is 2.38. The van der Waals surface area contributed by atoms with Crippen molar-refractivity contribution >= 4 is 41.0 Å². The highest BCUT2D eigenvalue weighted by molar-refractivity contribution is 8.00. The molecule has 40 heavy (non-hydrogen) atoms. The minimum atomic E-state index is -0.391. The van der Waals surface area contributed by atoms with Crippen LogP contribution in [0.2, 0.25) is 5.02 Å². The lowest BCUT2D eigenvalue weighted by atomic mass is 9.99. The van der Waals surface area contributed by atoms with Crippen LogP contribution in [-0.4, -0.2) is 54.2 Å². The minimum absolute atomic E-state index is 0.124. The van der Waals surface area contributed by atoms with Gasteiger partial charge in [-0.2, -0.15) is 5.10 Å². The van der Waals surface area contributed by atoms with Gasteiger partial charge < -0.3 is 10.1 Å². The number of fused-ring (bicyclic) bond motifs is 1. The summed E-state index contributed by atoms with van der Waals surface area (Å²) in [5.74, 6) is -0.352. The Hall–Kier alpha value is -3.66. The molecule has 7 nitrogen and oxygen atoms in total. The van der Waals surface area contributed by atoms with E-state index in [0.717, 1.165) is 16.7 Å². The number of rotatable bonds is 9. The topological polar surface area (TPSA) is 76.5 Å². The second kappa shape index (κ2) is 12.7. The number of nitrogens with zero attached hydrogens (tertiary/aromatic N) is 3. The summed E-state index contributed by atoms with van der Waals surface area (Å²) in [4.78, 5) is 28.2. The lowest BCUT2D eigenvalue weighted by molar-refractivity contribution is -0.122. The van der Waals surface area contributed by atoms with Crippen molar-refractivity contribution in [2.75, 3.05) is 37.5 Å². The Labute approximate surface area is 241 Å². The van der Waals surface area contributed by atoms with Gasteiger partial charge in [0, 0.05) is 36.4 Å². The first-order valence-corrected chi connectivity index (χ1v) is 14.3. The molecule has 0 unspecified atom stereocenters. The van der Waals surface area contributed by atoms with Crippen molar-refractivity contribution in [2.24, 2.45) is 0 Å². The highest BCUT2D eigenvalue weighted by Crippen LogP contribution is 2.49. The molecular formula is C30H28ClFN4O3S. The van der Waals surface area contributed by atoms with E-state index in [9.17, 15) is 14.0 Å². The van der Waals surface area contributed by atoms with Crippen molar-refractivity contribution in [1.29, 1.82) is 0 Å². The Morgan fingerprint density at radius 3 is 2.55 bits per heavy atom. The van der Waals surface area contributed by atoms with Gasteiger partial charge >= 0.3 is 0 Å². The lowest BCUT2D eigenvalue weighted by Crippen LogP contribution is -2.42. The van der Waals surface area contributed by atoms with E-state index in [1.165, 1.54) is 28.8 Å². The molecule has 0 fully saturated rings. The number of nitrogens with one attached hydrogen (secondary N) is 1. The maximum Gasteiger partial charge on any atom is 0.240 e. The maximum atomic E-state index is 13.9. The van der Waals surface area contributed by atoms with Gasteiger partial charge in [-0.15, -0.1) is 11.8 Å². The number of carbonyl (C=O) groups is 2. The summed E-state index contributed by atoms with van der Waals surface area (Å²) in [7, 11) is 1.60. The zero-order valence-electron chi connectivity index (χ0n) is 21.8. The number of halogens is 2. The van der Waals surface area contributed by atoms with Crippen LogP contribution in [0, 0.1) is 5.82 Å². The molecule has 0 saturated carbocycles. The number of anilines is 1. The highest BCUT2D eigenvalue weighted by atomic mass is 35.5. The summed E-state index contributed by atoms with van der Waals surface area (Å²) < 4.78 is 20.6. The summed E-state index contributed by atoms with van der Waals surface area (Å²) in [5, 5.41) is 8.07. The van der Waals surface area contributed by atoms with E-state index in [4.69, 9.17) is 21.4 Å². The van der Waals surface area contributed by atoms with Crippen LogP contribution in [0.3, 0.4) is 0 Å². The molecule has 1 aromatic heterocycles. The molecule has 10 heteroatoms. The first kappa shape index (κ1) is 27.9. The molecule has 0 saturated heterocycles. The van der Waals surface area contributed by atoms with Gasteiger partial charge in [-0.1, -0.05) is 60.1 Å². The molecule has 0 aliphatic carbocycles. The summed E-state index contributed by atoms with van der Waals surface area (Å²) >= 11 is 8.14. The largest absolute Gasteiger partial charge is 0.385 e. The quantitative estimate of drug-likeness (QED) is 0.260. The number of thioether (sulfide) groups is 1. The molecule has 4 aromatic rings. The molecule has 2 amide bonds. The Morgan fingerprint density at radius 1 is 1.10 bits per heavy atom. The number of hydrogen-bond donors (Lipinski definition) is 1. The zero-order valence-corrected chi connectivity index (χ0v) is 23.4. The van der Waals surface area contributed by atoms with Crippen LogP contribution in [0.15, 0.2) is 78.9 Å². The number of ether oxygens (including phenoxy) is 1. The monoisotopic (exact) mass is 578 g/mol. The third-order valence-electron chi connectivity index (χ3n) is 6.54. The molecule has 1 N–H and O–H groups in total. The second-order valence-corrected chi connectivity index (χ2v) is 10.7. The van der Waals surface area contributed by atoms with Gasteiger partial charge in [-0.05, 0) is 42.3 Å². The van der Waals surface area contributed by atoms with Crippen molar-refractivity contribution in [2.45, 2.75) is 11.7 Å². The third kappa shape index (κ3) is 5.91. The molecule has 0 spiro atoms. The molecule has 0 bridgehead atoms. The normalized spacial score (nSPS) is 15.0. The van der Waals surface area contributed by atoms with E-state index in [2.05, 4.69) is 5.32 Å². The fourth-order valence-electron chi connectivity index (χ4n) is 4.67. The van der Waals surface area contributed by atoms with Gasteiger partial charge in [-0.25, -0.2) is 9.07 Å². The van der Waals surface area contributed by atoms with E-state index in [1.54, 1.807) is 23.9 Å². The minimum Gasteiger partial charge on any atom is -0.385 e. The van der Waals surface area contributed by atoms with E-state index < -0.39 is 5.82 Å². The molecule has 3 aromatic carbocycles. The lowest BCUT2D eigenvalue weighted by Gasteiger charge is -2.23. The molecule has 0 radical (unpaired) electrons. The van der Waals surface area contributed by atoms with Crippen LogP contribution in [0.25, 0.3) is 16.9 Å². The number of carbonyl (C=O) groups excluding carboxylic acids is 2. The number of benzene rings is 3. The molecule has 1 aliphatic rings. The number of amides is 2. The van der Waals surface area contributed by atoms with Gasteiger partial charge in [0.1, 0.15) is 18.2 Å². The van der Waals surface area contributed by atoms with Crippen LogP contribution >= 0.6 is 23.4 Å². The van der Waals surface area contributed by atoms with Crippen LogP contribution in [0.1, 0.15) is 22.8 Å². The van der Waals surface area contributed by atoms with E-state index in [-0.39, 0.29) is 29.4 Å². The molecule has 5 rings (SSSR count). The van der Waals surface area contributed by atoms with Gasteiger partial charge in [0.05, 0.1) is 22.4 Å². The fraction of sp³-hybridized carbons (Fsp3) is 0.233. The fourth-order valence-corrected chi connectivity index (χ4v) is 6.21. The zero-order chi connectivity index (χ0) is 28.1. The Balaban J connectivity index is 1.71. The Morgan fingerprint density at radius 2 is 1.82 bits per heavy atom. The van der Waals surface area contributed by atoms with Crippen LogP contribution in [0.5, 0.6) is 0 Å². The predicted molar refractivity (Wildman–Crippen MR) is 157 cm³/mol. The second-order valence-electron chi connectivity index (χ2n) is 9.23. The molecular weight excluding hydrogens is 551 g/mol. The van der Waals surface area contributed by atoms with E-state index in [0.29, 0.717) is 41.8 Å². The van der Waals surface area contributed by atoms with Crippen molar-refractivity contribution in [3.05, 3.63) is 101 Å². The summed E-state index contributed by atoms with van der Waals surface area (Å²) in [5.41, 5.74) is 3.65. The number of hydrogen-bond acceptors (Lipinski definition) is 5. The summed E-state index contributed by atoms with van der Waals surface area (Å²) in [6, 6.07) is 23.1. The van der Waals surface area contributed by atoms with Crippen molar-refractivity contribution in [3.63, 3.8) is 0 Å². The van der Waals surface area contributed by atoms with Crippen molar-refractivity contribution in [1.82, 2.24) is 15.1 Å². The van der Waals surface area contributed by atoms with Gasteiger partial charge in [0.25, 0.3) is 0 Å². The first-order chi connectivity index (χ1) is 19.5. The summed E-state index contributed by atoms with van der Waals surface area (Å²) in [6.07, 6.45) is 0.650. The molecule has 2 heterocycles. The van der Waals surface area contributed by atoms with E-state index in [1.807, 2.05) is 54.6 Å².